The molecule has 0 radical (unpaired) electrons. The molecule has 0 aliphatic carbocycles. The summed E-state index contributed by atoms with van der Waals surface area (Å²) in [5.41, 5.74) is 0.930. The van der Waals surface area contributed by atoms with Crippen molar-refractivity contribution in [2.75, 3.05) is 6.61 Å². The third-order valence-electron chi connectivity index (χ3n) is 1.82. The maximum atomic E-state index is 11.1. The molecule has 0 aliphatic rings. The van der Waals surface area contributed by atoms with E-state index in [1.54, 1.807) is 19.1 Å². The third kappa shape index (κ3) is 5.11. The molecule has 0 unspecified atom stereocenters. The van der Waals surface area contributed by atoms with E-state index in [1.807, 2.05) is 12.1 Å². The molecule has 92 valence electrons. The van der Waals surface area contributed by atoms with Crippen molar-refractivity contribution in [3.05, 3.63) is 46.1 Å². The molecule has 0 atom stereocenters. The van der Waals surface area contributed by atoms with E-state index in [0.717, 1.165) is 5.56 Å². The lowest BCUT2D eigenvalue weighted by Gasteiger charge is -2.03. The van der Waals surface area contributed by atoms with Crippen LogP contribution in [0.5, 0.6) is 0 Å². The molecule has 0 saturated heterocycles. The molecule has 0 fully saturated rings. The van der Waals surface area contributed by atoms with Crippen LogP contribution in [0.25, 0.3) is 0 Å². The predicted molar refractivity (Wildman–Crippen MR) is 66.8 cm³/mol. The number of halogens is 2. The molecule has 0 saturated carbocycles. The Morgan fingerprint density at radius 2 is 2.00 bits per heavy atom. The molecule has 1 aromatic carbocycles. The van der Waals surface area contributed by atoms with Crippen molar-refractivity contribution < 1.29 is 14.3 Å². The highest BCUT2D eigenvalue weighted by Crippen LogP contribution is 2.11. The minimum absolute atomic E-state index is 0.0826. The van der Waals surface area contributed by atoms with E-state index in [-0.39, 0.29) is 11.6 Å². The molecule has 0 heterocycles. The van der Waals surface area contributed by atoms with Gasteiger partial charge < -0.3 is 9.47 Å². The Hall–Kier alpha value is -1.19. The van der Waals surface area contributed by atoms with Crippen LogP contribution in [-0.2, 0) is 20.9 Å². The molecule has 1 aromatic rings. The van der Waals surface area contributed by atoms with Crippen LogP contribution >= 0.6 is 23.2 Å². The van der Waals surface area contributed by atoms with Gasteiger partial charge >= 0.3 is 5.97 Å². The van der Waals surface area contributed by atoms with Crippen molar-refractivity contribution >= 4 is 29.2 Å². The lowest BCUT2D eigenvalue weighted by molar-refractivity contribution is -0.137. The first kappa shape index (κ1) is 13.9. The summed E-state index contributed by atoms with van der Waals surface area (Å²) in [7, 11) is 0. The van der Waals surface area contributed by atoms with Crippen LogP contribution in [0.4, 0.5) is 0 Å². The maximum absolute atomic E-state index is 11.1. The van der Waals surface area contributed by atoms with Gasteiger partial charge in [-0.3, -0.25) is 0 Å². The van der Waals surface area contributed by atoms with Gasteiger partial charge in [-0.2, -0.15) is 0 Å². The van der Waals surface area contributed by atoms with Gasteiger partial charge in [0, 0.05) is 5.02 Å². The maximum Gasteiger partial charge on any atom is 0.352 e. The number of rotatable bonds is 5. The zero-order valence-corrected chi connectivity index (χ0v) is 10.8. The summed E-state index contributed by atoms with van der Waals surface area (Å²) in [4.78, 5) is 11.1. The highest BCUT2D eigenvalue weighted by Gasteiger charge is 2.06. The van der Waals surface area contributed by atoms with E-state index in [9.17, 15) is 4.79 Å². The monoisotopic (exact) mass is 274 g/mol. The summed E-state index contributed by atoms with van der Waals surface area (Å²) in [6.07, 6.45) is 1.17. The van der Waals surface area contributed by atoms with E-state index >= 15 is 0 Å². The first-order valence-corrected chi connectivity index (χ1v) is 5.78. The topological polar surface area (TPSA) is 35.5 Å². The van der Waals surface area contributed by atoms with Gasteiger partial charge in [0.05, 0.1) is 6.61 Å². The lowest BCUT2D eigenvalue weighted by atomic mass is 10.2. The SMILES string of the molecule is CCOC(=O)/C(Cl)=C/OCc1ccc(Cl)cc1. The van der Waals surface area contributed by atoms with Crippen LogP contribution < -0.4 is 0 Å². The van der Waals surface area contributed by atoms with Gasteiger partial charge in [0.2, 0.25) is 0 Å². The smallest absolute Gasteiger partial charge is 0.352 e. The molecule has 0 amide bonds. The van der Waals surface area contributed by atoms with Gasteiger partial charge in [0.15, 0.2) is 5.03 Å². The van der Waals surface area contributed by atoms with Crippen molar-refractivity contribution in [3.63, 3.8) is 0 Å². The van der Waals surface area contributed by atoms with Crippen LogP contribution in [-0.4, -0.2) is 12.6 Å². The summed E-state index contributed by atoms with van der Waals surface area (Å²) in [5, 5.41) is 0.578. The Balaban J connectivity index is 2.43. The molecular weight excluding hydrogens is 263 g/mol. The Morgan fingerprint density at radius 1 is 1.35 bits per heavy atom. The summed E-state index contributed by atoms with van der Waals surface area (Å²) < 4.78 is 9.84. The summed E-state index contributed by atoms with van der Waals surface area (Å²) in [6, 6.07) is 7.18. The number of hydrogen-bond donors (Lipinski definition) is 0. The van der Waals surface area contributed by atoms with Crippen molar-refractivity contribution in [2.45, 2.75) is 13.5 Å². The molecule has 5 heteroatoms. The average Bonchev–Trinajstić information content (AvgIpc) is 2.32. The molecule has 0 aromatic heterocycles. The van der Waals surface area contributed by atoms with Crippen molar-refractivity contribution in [2.24, 2.45) is 0 Å². The van der Waals surface area contributed by atoms with Crippen molar-refractivity contribution in [3.8, 4) is 0 Å². The predicted octanol–water partition coefficient (Wildman–Crippen LogP) is 3.50. The summed E-state index contributed by atoms with van der Waals surface area (Å²) in [6.45, 7) is 2.30. The van der Waals surface area contributed by atoms with Crippen LogP contribution in [0.15, 0.2) is 35.6 Å². The van der Waals surface area contributed by atoms with Crippen LogP contribution in [0.1, 0.15) is 12.5 Å². The molecule has 0 aliphatic heterocycles. The largest absolute Gasteiger partial charge is 0.495 e. The Morgan fingerprint density at radius 3 is 2.59 bits per heavy atom. The van der Waals surface area contributed by atoms with Gasteiger partial charge in [-0.25, -0.2) is 4.79 Å². The fourth-order valence-corrected chi connectivity index (χ4v) is 1.28. The quantitative estimate of drug-likeness (QED) is 0.468. The molecule has 3 nitrogen and oxygen atoms in total. The third-order valence-corrected chi connectivity index (χ3v) is 2.32. The zero-order chi connectivity index (χ0) is 12.7. The van der Waals surface area contributed by atoms with Crippen molar-refractivity contribution in [1.82, 2.24) is 0 Å². The van der Waals surface area contributed by atoms with Gasteiger partial charge in [0.25, 0.3) is 0 Å². The van der Waals surface area contributed by atoms with E-state index in [0.29, 0.717) is 11.6 Å². The fourth-order valence-electron chi connectivity index (χ4n) is 1.04. The van der Waals surface area contributed by atoms with E-state index in [2.05, 4.69) is 4.74 Å². The Labute approximate surface area is 110 Å². The normalized spacial score (nSPS) is 11.1. The molecule has 0 spiro atoms. The van der Waals surface area contributed by atoms with Crippen LogP contribution in [0, 0.1) is 0 Å². The molecule has 0 bridgehead atoms. The standard InChI is InChI=1S/C12H12Cl2O3/c1-2-17-12(15)11(14)8-16-7-9-3-5-10(13)6-4-9/h3-6,8H,2,7H2,1H3/b11-8-. The first-order chi connectivity index (χ1) is 8.13. The summed E-state index contributed by atoms with van der Waals surface area (Å²) >= 11 is 11.4. The number of ether oxygens (including phenoxy) is 2. The Kier molecular flexibility index (Phi) is 5.87. The second-order valence-corrected chi connectivity index (χ2v) is 3.97. The number of hydrogen-bond acceptors (Lipinski definition) is 3. The second kappa shape index (κ2) is 7.20. The fraction of sp³-hybridized carbons (Fsp3) is 0.250. The molecule has 17 heavy (non-hydrogen) atoms. The first-order valence-electron chi connectivity index (χ1n) is 5.02. The van der Waals surface area contributed by atoms with Crippen LogP contribution in [0.3, 0.4) is 0 Å². The van der Waals surface area contributed by atoms with Crippen molar-refractivity contribution in [1.29, 1.82) is 0 Å². The van der Waals surface area contributed by atoms with Crippen LogP contribution in [0.2, 0.25) is 5.02 Å². The molecular formula is C12H12Cl2O3. The van der Waals surface area contributed by atoms with E-state index in [1.165, 1.54) is 6.26 Å². The number of esters is 1. The van der Waals surface area contributed by atoms with Gasteiger partial charge in [-0.1, -0.05) is 35.3 Å². The van der Waals surface area contributed by atoms with E-state index in [4.69, 9.17) is 27.9 Å². The highest BCUT2D eigenvalue weighted by molar-refractivity contribution is 6.41. The lowest BCUT2D eigenvalue weighted by Crippen LogP contribution is -2.04. The van der Waals surface area contributed by atoms with E-state index < -0.39 is 5.97 Å². The number of carbonyl (C=O) groups is 1. The Bertz CT molecular complexity index is 399. The van der Waals surface area contributed by atoms with Gasteiger partial charge in [-0.05, 0) is 24.6 Å². The van der Waals surface area contributed by atoms with Gasteiger partial charge in [0.1, 0.15) is 12.9 Å². The molecule has 0 N–H and O–H groups in total. The summed E-state index contributed by atoms with van der Waals surface area (Å²) in [5.74, 6) is -0.592. The molecule has 1 rings (SSSR count). The number of benzene rings is 1. The minimum Gasteiger partial charge on any atom is -0.495 e. The zero-order valence-electron chi connectivity index (χ0n) is 9.28. The van der Waals surface area contributed by atoms with Gasteiger partial charge in [-0.15, -0.1) is 0 Å². The average molecular weight is 275 g/mol. The second-order valence-electron chi connectivity index (χ2n) is 3.12. The minimum atomic E-state index is -0.592. The number of carbonyl (C=O) groups excluding carboxylic acids is 1. The highest BCUT2D eigenvalue weighted by atomic mass is 35.5.